The third-order valence-corrected chi connectivity index (χ3v) is 5.86. The minimum Gasteiger partial charge on any atom is -0.507 e. The van der Waals surface area contributed by atoms with Crippen molar-refractivity contribution >= 4 is 17.4 Å². The van der Waals surface area contributed by atoms with Crippen LogP contribution in [0.5, 0.6) is 11.5 Å². The van der Waals surface area contributed by atoms with Gasteiger partial charge in [0.05, 0.1) is 25.3 Å². The molecule has 0 saturated carbocycles. The van der Waals surface area contributed by atoms with Gasteiger partial charge < -0.3 is 19.5 Å². The standard InChI is InChI=1S/C27H33NO5/c1-5-7-8-14-28-24(19-10-9-11-21(17-19)32-4)23(26(30)27(28)31)25(29)20-12-13-22(18(3)16-20)33-15-6-2/h9-13,16-17,24,29H,5-8,14-15H2,1-4H3/b25-23-. The second-order valence-electron chi connectivity index (χ2n) is 8.30. The molecule has 1 atom stereocenters. The summed E-state index contributed by atoms with van der Waals surface area (Å²) in [4.78, 5) is 27.7. The molecule has 1 saturated heterocycles. The summed E-state index contributed by atoms with van der Waals surface area (Å²) in [5, 5.41) is 11.3. The summed E-state index contributed by atoms with van der Waals surface area (Å²) in [7, 11) is 1.57. The molecule has 1 unspecified atom stereocenters. The number of likely N-dealkylation sites (tertiary alicyclic amines) is 1. The summed E-state index contributed by atoms with van der Waals surface area (Å²) in [6.45, 7) is 7.06. The summed E-state index contributed by atoms with van der Waals surface area (Å²) in [5.74, 6) is -0.0668. The molecule has 0 spiro atoms. The van der Waals surface area contributed by atoms with Crippen LogP contribution in [0.25, 0.3) is 5.76 Å². The molecule has 33 heavy (non-hydrogen) atoms. The fourth-order valence-corrected chi connectivity index (χ4v) is 4.13. The molecule has 0 aliphatic carbocycles. The van der Waals surface area contributed by atoms with Gasteiger partial charge in [0.25, 0.3) is 11.7 Å². The molecule has 0 aromatic heterocycles. The van der Waals surface area contributed by atoms with Gasteiger partial charge in [0, 0.05) is 12.1 Å². The number of unbranched alkanes of at least 4 members (excludes halogenated alkanes) is 2. The van der Waals surface area contributed by atoms with Crippen LogP contribution in [0.1, 0.15) is 62.3 Å². The molecule has 2 aromatic rings. The first-order valence-electron chi connectivity index (χ1n) is 11.6. The van der Waals surface area contributed by atoms with E-state index in [1.165, 1.54) is 0 Å². The smallest absolute Gasteiger partial charge is 0.295 e. The lowest BCUT2D eigenvalue weighted by Gasteiger charge is -2.25. The Morgan fingerprint density at radius 1 is 1.06 bits per heavy atom. The van der Waals surface area contributed by atoms with Crippen molar-refractivity contribution in [3.63, 3.8) is 0 Å². The monoisotopic (exact) mass is 451 g/mol. The van der Waals surface area contributed by atoms with Crippen LogP contribution in [0.15, 0.2) is 48.0 Å². The number of carbonyl (C=O) groups is 2. The lowest BCUT2D eigenvalue weighted by Crippen LogP contribution is -2.30. The zero-order chi connectivity index (χ0) is 24.0. The van der Waals surface area contributed by atoms with Gasteiger partial charge in [-0.2, -0.15) is 0 Å². The van der Waals surface area contributed by atoms with Gasteiger partial charge in [-0.15, -0.1) is 0 Å². The highest BCUT2D eigenvalue weighted by Crippen LogP contribution is 2.40. The number of methoxy groups -OCH3 is 1. The second-order valence-corrected chi connectivity index (χ2v) is 8.30. The summed E-state index contributed by atoms with van der Waals surface area (Å²) in [6, 6.07) is 11.9. The molecule has 6 heteroatoms. The predicted molar refractivity (Wildman–Crippen MR) is 128 cm³/mol. The van der Waals surface area contributed by atoms with Gasteiger partial charge in [-0.1, -0.05) is 38.8 Å². The number of aliphatic hydroxyl groups is 1. The van der Waals surface area contributed by atoms with E-state index in [1.54, 1.807) is 30.2 Å². The number of rotatable bonds is 10. The van der Waals surface area contributed by atoms with Gasteiger partial charge in [-0.05, 0) is 61.2 Å². The van der Waals surface area contributed by atoms with Crippen molar-refractivity contribution in [3.05, 3.63) is 64.7 Å². The fraction of sp³-hybridized carbons (Fsp3) is 0.407. The molecule has 2 aromatic carbocycles. The van der Waals surface area contributed by atoms with Crippen molar-refractivity contribution in [3.8, 4) is 11.5 Å². The molecule has 1 aliphatic heterocycles. The molecule has 0 bridgehead atoms. The quantitative estimate of drug-likeness (QED) is 0.226. The topological polar surface area (TPSA) is 76.1 Å². The van der Waals surface area contributed by atoms with E-state index in [9.17, 15) is 14.7 Å². The van der Waals surface area contributed by atoms with Crippen LogP contribution in [0, 0.1) is 6.92 Å². The van der Waals surface area contributed by atoms with Crippen molar-refractivity contribution in [2.24, 2.45) is 0 Å². The third kappa shape index (κ3) is 5.21. The number of nitrogens with zero attached hydrogens (tertiary/aromatic N) is 1. The minimum atomic E-state index is -0.673. The van der Waals surface area contributed by atoms with Crippen LogP contribution >= 0.6 is 0 Å². The number of aryl methyl sites for hydroxylation is 1. The maximum Gasteiger partial charge on any atom is 0.295 e. The van der Waals surface area contributed by atoms with Crippen molar-refractivity contribution in [1.29, 1.82) is 0 Å². The van der Waals surface area contributed by atoms with Gasteiger partial charge in [-0.3, -0.25) is 9.59 Å². The Bertz CT molecular complexity index is 1040. The van der Waals surface area contributed by atoms with E-state index in [0.29, 0.717) is 24.5 Å². The van der Waals surface area contributed by atoms with Crippen molar-refractivity contribution in [1.82, 2.24) is 4.90 Å². The first-order chi connectivity index (χ1) is 15.9. The number of hydrogen-bond acceptors (Lipinski definition) is 5. The first-order valence-corrected chi connectivity index (χ1v) is 11.6. The Kier molecular flexibility index (Phi) is 8.15. The number of ketones is 1. The zero-order valence-corrected chi connectivity index (χ0v) is 19.9. The van der Waals surface area contributed by atoms with E-state index >= 15 is 0 Å². The van der Waals surface area contributed by atoms with E-state index < -0.39 is 17.7 Å². The summed E-state index contributed by atoms with van der Waals surface area (Å²) < 4.78 is 11.1. The number of carbonyl (C=O) groups excluding carboxylic acids is 2. The van der Waals surface area contributed by atoms with Crippen LogP contribution in [-0.4, -0.2) is 42.0 Å². The highest BCUT2D eigenvalue weighted by molar-refractivity contribution is 6.46. The van der Waals surface area contributed by atoms with Crippen LogP contribution in [-0.2, 0) is 9.59 Å². The number of Topliss-reactive ketones (excluding diaryl/α,β-unsaturated/α-hetero) is 1. The van der Waals surface area contributed by atoms with Gasteiger partial charge in [0.15, 0.2) is 0 Å². The summed E-state index contributed by atoms with van der Waals surface area (Å²) in [6.07, 6.45) is 3.63. The number of amides is 1. The van der Waals surface area contributed by atoms with Crippen LogP contribution in [0.2, 0.25) is 0 Å². The average Bonchev–Trinajstić information content (AvgIpc) is 3.08. The second kappa shape index (κ2) is 11.0. The Labute approximate surface area is 195 Å². The number of ether oxygens (including phenoxy) is 2. The lowest BCUT2D eigenvalue weighted by atomic mass is 9.94. The molecular formula is C27H33NO5. The van der Waals surface area contributed by atoms with Gasteiger partial charge >= 0.3 is 0 Å². The minimum absolute atomic E-state index is 0.103. The molecule has 0 radical (unpaired) electrons. The largest absolute Gasteiger partial charge is 0.507 e. The Morgan fingerprint density at radius 2 is 1.85 bits per heavy atom. The van der Waals surface area contributed by atoms with E-state index in [4.69, 9.17) is 9.47 Å². The number of benzene rings is 2. The first kappa shape index (κ1) is 24.4. The fourth-order valence-electron chi connectivity index (χ4n) is 4.13. The maximum atomic E-state index is 13.1. The van der Waals surface area contributed by atoms with E-state index in [1.807, 2.05) is 38.1 Å². The molecule has 3 rings (SSSR count). The molecular weight excluding hydrogens is 418 g/mol. The molecule has 1 N–H and O–H groups in total. The van der Waals surface area contributed by atoms with Crippen LogP contribution in [0.4, 0.5) is 0 Å². The molecule has 6 nitrogen and oxygen atoms in total. The summed E-state index contributed by atoms with van der Waals surface area (Å²) in [5.41, 5.74) is 2.16. The zero-order valence-electron chi connectivity index (χ0n) is 19.9. The van der Waals surface area contributed by atoms with Crippen molar-refractivity contribution < 1.29 is 24.2 Å². The van der Waals surface area contributed by atoms with Crippen LogP contribution < -0.4 is 9.47 Å². The van der Waals surface area contributed by atoms with Gasteiger partial charge in [0.2, 0.25) is 0 Å². The van der Waals surface area contributed by atoms with E-state index in [0.717, 1.165) is 42.6 Å². The van der Waals surface area contributed by atoms with Crippen molar-refractivity contribution in [2.75, 3.05) is 20.3 Å². The Morgan fingerprint density at radius 3 is 2.52 bits per heavy atom. The van der Waals surface area contributed by atoms with Gasteiger partial charge in [0.1, 0.15) is 17.3 Å². The predicted octanol–water partition coefficient (Wildman–Crippen LogP) is 5.40. The molecule has 1 fully saturated rings. The molecule has 1 heterocycles. The number of aliphatic hydroxyl groups excluding tert-OH is 1. The SMILES string of the molecule is CCCCCN1C(=O)C(=O)/C(=C(\O)c2ccc(OCCC)c(C)c2)C1c1cccc(OC)c1. The van der Waals surface area contributed by atoms with E-state index in [-0.39, 0.29) is 11.3 Å². The lowest BCUT2D eigenvalue weighted by molar-refractivity contribution is -0.139. The van der Waals surface area contributed by atoms with Crippen LogP contribution in [0.3, 0.4) is 0 Å². The van der Waals surface area contributed by atoms with E-state index in [2.05, 4.69) is 6.92 Å². The maximum absolute atomic E-state index is 13.1. The normalized spacial score (nSPS) is 17.5. The Balaban J connectivity index is 2.09. The molecule has 176 valence electrons. The van der Waals surface area contributed by atoms with Crippen molar-refractivity contribution in [2.45, 2.75) is 52.5 Å². The highest BCUT2D eigenvalue weighted by atomic mass is 16.5. The summed E-state index contributed by atoms with van der Waals surface area (Å²) >= 11 is 0. The number of hydrogen-bond donors (Lipinski definition) is 1. The van der Waals surface area contributed by atoms with Gasteiger partial charge in [-0.25, -0.2) is 0 Å². The molecule has 1 aliphatic rings. The Hall–Kier alpha value is -3.28. The average molecular weight is 452 g/mol. The highest BCUT2D eigenvalue weighted by Gasteiger charge is 2.45. The molecule has 1 amide bonds. The third-order valence-electron chi connectivity index (χ3n) is 5.86.